The van der Waals surface area contributed by atoms with Crippen LogP contribution in [0.3, 0.4) is 0 Å². The first-order valence-electron chi connectivity index (χ1n) is 9.66. The first kappa shape index (κ1) is 20.8. The highest BCUT2D eigenvalue weighted by Crippen LogP contribution is 2.28. The molecule has 2 aromatic carbocycles. The Morgan fingerprint density at radius 2 is 1.57 bits per heavy atom. The number of carbonyl (C=O) groups is 1. The van der Waals surface area contributed by atoms with Crippen LogP contribution < -0.4 is 9.21 Å². The minimum Gasteiger partial charge on any atom is -0.369 e. The minimum absolute atomic E-state index is 0.0619. The number of piperazine rings is 1. The third kappa shape index (κ3) is 3.82. The molecule has 0 bridgehead atoms. The van der Waals surface area contributed by atoms with Crippen molar-refractivity contribution < 1.29 is 21.6 Å². The Kier molecular flexibility index (Phi) is 5.33. The molecule has 0 radical (unpaired) electrons. The van der Waals surface area contributed by atoms with Gasteiger partial charge in [0.2, 0.25) is 26.0 Å². The van der Waals surface area contributed by atoms with Gasteiger partial charge in [0.25, 0.3) is 0 Å². The van der Waals surface area contributed by atoms with Crippen LogP contribution in [0.5, 0.6) is 0 Å². The van der Waals surface area contributed by atoms with Crippen molar-refractivity contribution in [2.75, 3.05) is 41.1 Å². The molecule has 10 heteroatoms. The number of anilines is 2. The van der Waals surface area contributed by atoms with E-state index in [2.05, 4.69) is 11.0 Å². The van der Waals surface area contributed by atoms with E-state index in [1.807, 2.05) is 25.1 Å². The molecule has 2 aliphatic heterocycles. The van der Waals surface area contributed by atoms with Gasteiger partial charge in [0.05, 0.1) is 16.3 Å². The molecular weight excluding hydrogens is 426 g/mol. The van der Waals surface area contributed by atoms with E-state index < -0.39 is 26.0 Å². The van der Waals surface area contributed by atoms with Gasteiger partial charge in [-0.3, -0.25) is 4.79 Å². The first-order valence-corrected chi connectivity index (χ1v) is 12.7. The van der Waals surface area contributed by atoms with Crippen molar-refractivity contribution in [2.45, 2.75) is 18.2 Å². The van der Waals surface area contributed by atoms with Crippen molar-refractivity contribution >= 4 is 37.3 Å². The molecular formula is C20H23N3O5S2. The van der Waals surface area contributed by atoms with E-state index in [1.165, 1.54) is 28.6 Å². The van der Waals surface area contributed by atoms with Gasteiger partial charge in [-0.2, -0.15) is 4.31 Å². The lowest BCUT2D eigenvalue weighted by Gasteiger charge is -2.35. The van der Waals surface area contributed by atoms with Gasteiger partial charge in [0.1, 0.15) is 0 Å². The Balaban J connectivity index is 1.49. The summed E-state index contributed by atoms with van der Waals surface area (Å²) in [5.41, 5.74) is 2.40. The molecule has 4 rings (SSSR count). The van der Waals surface area contributed by atoms with Crippen molar-refractivity contribution in [2.24, 2.45) is 0 Å². The Bertz CT molecular complexity index is 1170. The third-order valence-electron chi connectivity index (χ3n) is 5.39. The van der Waals surface area contributed by atoms with Crippen LogP contribution in [0.1, 0.15) is 12.0 Å². The zero-order valence-electron chi connectivity index (χ0n) is 16.6. The number of carbonyl (C=O) groups excluding carboxylic acids is 1. The van der Waals surface area contributed by atoms with E-state index in [0.717, 1.165) is 15.6 Å². The molecule has 160 valence electrons. The number of nitrogens with zero attached hydrogens (tertiary/aromatic N) is 3. The monoisotopic (exact) mass is 449 g/mol. The predicted molar refractivity (Wildman–Crippen MR) is 114 cm³/mol. The molecule has 2 aromatic rings. The molecule has 30 heavy (non-hydrogen) atoms. The zero-order valence-corrected chi connectivity index (χ0v) is 18.2. The summed E-state index contributed by atoms with van der Waals surface area (Å²) in [7, 11) is -7.38. The molecule has 0 saturated carbocycles. The Hall–Kier alpha value is -2.43. The van der Waals surface area contributed by atoms with Crippen molar-refractivity contribution in [3.05, 3.63) is 54.1 Å². The molecule has 0 spiro atoms. The van der Waals surface area contributed by atoms with E-state index in [9.17, 15) is 21.6 Å². The van der Waals surface area contributed by atoms with Crippen molar-refractivity contribution in [3.8, 4) is 0 Å². The van der Waals surface area contributed by atoms with Crippen LogP contribution in [-0.2, 0) is 24.8 Å². The predicted octanol–water partition coefficient (Wildman–Crippen LogP) is 1.57. The number of amides is 1. The molecule has 2 heterocycles. The van der Waals surface area contributed by atoms with Gasteiger partial charge in [-0.05, 0) is 48.9 Å². The van der Waals surface area contributed by atoms with Crippen LogP contribution in [0, 0.1) is 6.92 Å². The fraction of sp³-hybridized carbons (Fsp3) is 0.350. The first-order chi connectivity index (χ1) is 14.2. The van der Waals surface area contributed by atoms with Gasteiger partial charge < -0.3 is 4.90 Å². The molecule has 0 N–H and O–H groups in total. The van der Waals surface area contributed by atoms with E-state index in [0.29, 0.717) is 26.2 Å². The van der Waals surface area contributed by atoms with Gasteiger partial charge in [-0.1, -0.05) is 12.1 Å². The highest BCUT2D eigenvalue weighted by Gasteiger charge is 2.36. The summed E-state index contributed by atoms with van der Waals surface area (Å²) in [6.07, 6.45) is -0.0619. The molecule has 0 aliphatic carbocycles. The molecule has 8 nitrogen and oxygen atoms in total. The smallest absolute Gasteiger partial charge is 0.243 e. The average Bonchev–Trinajstić information content (AvgIpc) is 3.00. The molecule has 0 aromatic heterocycles. The van der Waals surface area contributed by atoms with Crippen molar-refractivity contribution in [3.63, 3.8) is 0 Å². The average molecular weight is 450 g/mol. The number of aryl methyl sites for hydroxylation is 1. The van der Waals surface area contributed by atoms with Gasteiger partial charge in [0.15, 0.2) is 0 Å². The fourth-order valence-electron chi connectivity index (χ4n) is 3.78. The third-order valence-corrected chi connectivity index (χ3v) is 9.00. The Labute approximate surface area is 176 Å². The summed E-state index contributed by atoms with van der Waals surface area (Å²) < 4.78 is 52.3. The maximum Gasteiger partial charge on any atom is 0.243 e. The van der Waals surface area contributed by atoms with Crippen LogP contribution in [0.2, 0.25) is 0 Å². The van der Waals surface area contributed by atoms with E-state index in [4.69, 9.17) is 0 Å². The summed E-state index contributed by atoms with van der Waals surface area (Å²) in [6, 6.07) is 13.6. The lowest BCUT2D eigenvalue weighted by atomic mass is 10.2. The minimum atomic E-state index is -3.70. The van der Waals surface area contributed by atoms with E-state index >= 15 is 0 Å². The molecule has 0 unspecified atom stereocenters. The summed E-state index contributed by atoms with van der Waals surface area (Å²) in [5, 5.41) is 0. The Morgan fingerprint density at radius 3 is 2.13 bits per heavy atom. The molecule has 2 saturated heterocycles. The van der Waals surface area contributed by atoms with Crippen LogP contribution in [-0.4, -0.2) is 59.0 Å². The van der Waals surface area contributed by atoms with E-state index in [1.54, 1.807) is 0 Å². The summed E-state index contributed by atoms with van der Waals surface area (Å²) in [5.74, 6) is -0.727. The lowest BCUT2D eigenvalue weighted by Crippen LogP contribution is -2.48. The van der Waals surface area contributed by atoms with Crippen LogP contribution in [0.4, 0.5) is 11.4 Å². The second kappa shape index (κ2) is 7.68. The van der Waals surface area contributed by atoms with Crippen LogP contribution >= 0.6 is 0 Å². The second-order valence-corrected chi connectivity index (χ2v) is 11.3. The summed E-state index contributed by atoms with van der Waals surface area (Å²) in [6.45, 7) is 3.91. The fourth-order valence-corrected chi connectivity index (χ4v) is 6.66. The quantitative estimate of drug-likeness (QED) is 0.703. The largest absolute Gasteiger partial charge is 0.369 e. The van der Waals surface area contributed by atoms with Gasteiger partial charge in [-0.15, -0.1) is 0 Å². The second-order valence-electron chi connectivity index (χ2n) is 7.45. The maximum absolute atomic E-state index is 13.0. The van der Waals surface area contributed by atoms with Gasteiger partial charge in [0, 0.05) is 38.3 Å². The van der Waals surface area contributed by atoms with Crippen molar-refractivity contribution in [1.29, 1.82) is 0 Å². The SMILES string of the molecule is Cc1cccc(N2CCN(S(=O)(=O)c3ccc(N4C(=O)CCS4(=O)=O)cc3)CC2)c1. The molecule has 2 aliphatic rings. The number of benzene rings is 2. The lowest BCUT2D eigenvalue weighted by molar-refractivity contribution is -0.116. The van der Waals surface area contributed by atoms with E-state index in [-0.39, 0.29) is 22.8 Å². The van der Waals surface area contributed by atoms with Gasteiger partial charge in [-0.25, -0.2) is 21.1 Å². The maximum atomic E-state index is 13.0. The van der Waals surface area contributed by atoms with Crippen molar-refractivity contribution in [1.82, 2.24) is 4.31 Å². The Morgan fingerprint density at radius 1 is 0.900 bits per heavy atom. The highest BCUT2D eigenvalue weighted by molar-refractivity contribution is 7.94. The van der Waals surface area contributed by atoms with Crippen LogP contribution in [0.25, 0.3) is 0 Å². The molecule has 1 amide bonds. The number of hydrogen-bond acceptors (Lipinski definition) is 6. The summed E-state index contributed by atoms with van der Waals surface area (Å²) >= 11 is 0. The normalized spacial score (nSPS) is 20.0. The molecule has 0 atom stereocenters. The number of rotatable bonds is 4. The summed E-state index contributed by atoms with van der Waals surface area (Å²) in [4.78, 5) is 14.1. The standard InChI is InChI=1S/C20H23N3O5S2/c1-16-3-2-4-18(15-16)21-10-12-22(13-11-21)30(27,28)19-7-5-17(6-8-19)23-20(24)9-14-29(23,25)26/h2-8,15H,9-14H2,1H3. The number of hydrogen-bond donors (Lipinski definition) is 0. The highest BCUT2D eigenvalue weighted by atomic mass is 32.2. The number of sulfonamides is 2. The van der Waals surface area contributed by atoms with Crippen LogP contribution in [0.15, 0.2) is 53.4 Å². The topological polar surface area (TPSA) is 95.1 Å². The zero-order chi connectivity index (χ0) is 21.5. The van der Waals surface area contributed by atoms with Gasteiger partial charge >= 0.3 is 0 Å². The molecule has 2 fully saturated rings.